The number of hydrogen-bond donors (Lipinski definition) is 9. The van der Waals surface area contributed by atoms with Crippen LogP contribution in [0.2, 0.25) is 0 Å². The molecule has 3 rings (SSSR count). The van der Waals surface area contributed by atoms with E-state index in [-0.39, 0.29) is 36.0 Å². The largest absolute Gasteiger partial charge is 0.481 e. The van der Waals surface area contributed by atoms with Crippen molar-refractivity contribution in [3.05, 3.63) is 40.2 Å². The number of carboxylic acids is 2. The Bertz CT molecular complexity index is 1100. The van der Waals surface area contributed by atoms with Crippen LogP contribution in [0, 0.1) is 0 Å². The van der Waals surface area contributed by atoms with Gasteiger partial charge in [0.1, 0.15) is 11.7 Å². The van der Waals surface area contributed by atoms with Crippen molar-refractivity contribution in [1.29, 1.82) is 0 Å². The third kappa shape index (κ3) is 6.35. The molecule has 1 unspecified atom stereocenters. The first-order valence-electron chi connectivity index (χ1n) is 10.4. The van der Waals surface area contributed by atoms with Gasteiger partial charge in [-0.1, -0.05) is 0 Å². The minimum Gasteiger partial charge on any atom is -0.481 e. The second kappa shape index (κ2) is 11.0. The van der Waals surface area contributed by atoms with Crippen LogP contribution in [0.3, 0.4) is 0 Å². The molecule has 0 aliphatic carbocycles. The molecule has 9 N–H and O–H groups in total. The van der Waals surface area contributed by atoms with Crippen LogP contribution in [0.25, 0.3) is 0 Å². The minimum atomic E-state index is -1.30. The van der Waals surface area contributed by atoms with Crippen LogP contribution in [-0.4, -0.2) is 70.2 Å². The van der Waals surface area contributed by atoms with Gasteiger partial charge in [-0.25, -0.2) is 10.2 Å². The Kier molecular flexibility index (Phi) is 7.87. The fourth-order valence-corrected chi connectivity index (χ4v) is 3.26. The molecule has 182 valence electrons. The number of carboxylic acid groups (broad SMARTS) is 2. The summed E-state index contributed by atoms with van der Waals surface area (Å²) in [5, 5.41) is 29.7. The number of aromatic amines is 1. The highest BCUT2D eigenvalue weighted by molar-refractivity contribution is 5.96. The van der Waals surface area contributed by atoms with E-state index in [1.807, 2.05) is 0 Å². The molecule has 1 aromatic heterocycles. The molecule has 2 heterocycles. The van der Waals surface area contributed by atoms with Crippen molar-refractivity contribution < 1.29 is 24.6 Å². The molecule has 0 spiro atoms. The van der Waals surface area contributed by atoms with Gasteiger partial charge in [0, 0.05) is 37.8 Å². The molecule has 2 aromatic rings. The minimum absolute atomic E-state index is 0.118. The number of fused-ring (bicyclic) bond motifs is 1. The summed E-state index contributed by atoms with van der Waals surface area (Å²) < 4.78 is 0. The van der Waals surface area contributed by atoms with Crippen molar-refractivity contribution >= 4 is 41.0 Å². The number of hydrogen-bond acceptors (Lipinski definition) is 10. The number of rotatable bonds is 11. The molecule has 1 aliphatic heterocycles. The first-order valence-corrected chi connectivity index (χ1v) is 10.4. The van der Waals surface area contributed by atoms with Gasteiger partial charge in [-0.2, -0.15) is 4.98 Å². The number of anilines is 4. The van der Waals surface area contributed by atoms with Crippen molar-refractivity contribution in [3.8, 4) is 0 Å². The number of aliphatic carboxylic acids is 2. The Morgan fingerprint density at radius 1 is 1.21 bits per heavy atom. The fraction of sp³-hybridized carbons (Fsp3) is 0.350. The van der Waals surface area contributed by atoms with Crippen LogP contribution < -0.4 is 37.7 Å². The van der Waals surface area contributed by atoms with Crippen LogP contribution in [0.15, 0.2) is 29.1 Å². The first-order chi connectivity index (χ1) is 16.3. The van der Waals surface area contributed by atoms with E-state index < -0.39 is 23.9 Å². The maximum atomic E-state index is 12.3. The van der Waals surface area contributed by atoms with Gasteiger partial charge in [0.2, 0.25) is 5.95 Å². The lowest BCUT2D eigenvalue weighted by Crippen LogP contribution is -2.41. The predicted molar refractivity (Wildman–Crippen MR) is 124 cm³/mol. The SMILES string of the molecule is CNNc1nc2c(c(=O)[nH]1)NC(CNc1ccc(C(=O)N[C@@H](CCC(=O)O)C(=O)O)cc1)CN2. The van der Waals surface area contributed by atoms with Gasteiger partial charge in [0.15, 0.2) is 5.82 Å². The number of benzene rings is 1. The second-order valence-electron chi connectivity index (χ2n) is 7.49. The second-order valence-corrected chi connectivity index (χ2v) is 7.49. The molecule has 0 saturated heterocycles. The highest BCUT2D eigenvalue weighted by atomic mass is 16.4. The predicted octanol–water partition coefficient (Wildman–Crippen LogP) is -0.318. The zero-order chi connectivity index (χ0) is 24.7. The maximum Gasteiger partial charge on any atom is 0.326 e. The fourth-order valence-electron chi connectivity index (χ4n) is 3.26. The Morgan fingerprint density at radius 3 is 2.59 bits per heavy atom. The molecule has 1 aromatic carbocycles. The van der Waals surface area contributed by atoms with Crippen LogP contribution >= 0.6 is 0 Å². The summed E-state index contributed by atoms with van der Waals surface area (Å²) in [6, 6.07) is 4.97. The molecule has 2 atom stereocenters. The maximum absolute atomic E-state index is 12.3. The van der Waals surface area contributed by atoms with Crippen LogP contribution in [0.1, 0.15) is 23.2 Å². The summed E-state index contributed by atoms with van der Waals surface area (Å²) in [6.45, 7) is 0.979. The molecule has 0 saturated carbocycles. The van der Waals surface area contributed by atoms with Crippen LogP contribution in [-0.2, 0) is 9.59 Å². The molecule has 14 nitrogen and oxygen atoms in total. The molecule has 0 radical (unpaired) electrons. The third-order valence-electron chi connectivity index (χ3n) is 4.98. The molecule has 1 aliphatic rings. The van der Waals surface area contributed by atoms with Gasteiger partial charge in [-0.3, -0.25) is 24.8 Å². The molecule has 34 heavy (non-hydrogen) atoms. The Labute approximate surface area is 193 Å². The van der Waals surface area contributed by atoms with E-state index in [0.29, 0.717) is 30.3 Å². The quantitative estimate of drug-likeness (QED) is 0.192. The zero-order valence-corrected chi connectivity index (χ0v) is 18.3. The molecule has 0 bridgehead atoms. The van der Waals surface area contributed by atoms with Crippen molar-refractivity contribution in [2.45, 2.75) is 24.9 Å². The lowest BCUT2D eigenvalue weighted by atomic mass is 10.1. The number of amides is 1. The third-order valence-corrected chi connectivity index (χ3v) is 4.98. The van der Waals surface area contributed by atoms with E-state index >= 15 is 0 Å². The summed E-state index contributed by atoms with van der Waals surface area (Å²) in [5.41, 5.74) is 6.37. The molecular weight excluding hydrogens is 448 g/mol. The van der Waals surface area contributed by atoms with Crippen molar-refractivity contribution in [1.82, 2.24) is 20.7 Å². The molecule has 1 amide bonds. The highest BCUT2D eigenvalue weighted by Gasteiger charge is 2.23. The summed E-state index contributed by atoms with van der Waals surface area (Å²) in [5.74, 6) is -2.32. The average Bonchev–Trinajstić information content (AvgIpc) is 2.80. The number of H-pyrrole nitrogens is 1. The lowest BCUT2D eigenvalue weighted by Gasteiger charge is -2.27. The number of hydrazine groups is 1. The van der Waals surface area contributed by atoms with Crippen molar-refractivity contribution in [2.75, 3.05) is 41.5 Å². The van der Waals surface area contributed by atoms with Gasteiger partial charge < -0.3 is 31.5 Å². The topological polar surface area (TPSA) is 210 Å². The summed E-state index contributed by atoms with van der Waals surface area (Å²) in [7, 11) is 1.65. The van der Waals surface area contributed by atoms with E-state index in [2.05, 4.69) is 42.1 Å². The number of aromatic nitrogens is 2. The van der Waals surface area contributed by atoms with E-state index in [4.69, 9.17) is 5.11 Å². The van der Waals surface area contributed by atoms with E-state index in [1.165, 1.54) is 12.1 Å². The normalized spacial score (nSPS) is 15.1. The number of nitrogens with zero attached hydrogens (tertiary/aromatic N) is 1. The molecule has 0 fully saturated rings. The van der Waals surface area contributed by atoms with Gasteiger partial charge in [-0.15, -0.1) is 0 Å². The summed E-state index contributed by atoms with van der Waals surface area (Å²) >= 11 is 0. The standard InChI is InChI=1S/C20H26N8O6/c1-21-28-20-26-16-15(18(32)27-20)24-12(9-23-16)8-22-11-4-2-10(3-5-11)17(31)25-13(19(33)34)6-7-14(29)30/h2-5,12-13,21-22,24H,6-9H2,1H3,(H,25,31)(H,29,30)(H,33,34)(H3,23,26,27,28,32)/t12?,13-/m0/s1. The van der Waals surface area contributed by atoms with Gasteiger partial charge in [0.05, 0.1) is 6.04 Å². The van der Waals surface area contributed by atoms with E-state index in [1.54, 1.807) is 19.2 Å². The van der Waals surface area contributed by atoms with Crippen molar-refractivity contribution in [3.63, 3.8) is 0 Å². The zero-order valence-electron chi connectivity index (χ0n) is 18.3. The summed E-state index contributed by atoms with van der Waals surface area (Å²) in [6.07, 6.45) is -0.585. The summed E-state index contributed by atoms with van der Waals surface area (Å²) in [4.78, 5) is 53.4. The Balaban J connectivity index is 1.54. The first kappa shape index (κ1) is 24.3. The monoisotopic (exact) mass is 474 g/mol. The number of nitrogens with one attached hydrogen (secondary N) is 7. The molecular formula is C20H26N8O6. The van der Waals surface area contributed by atoms with Crippen molar-refractivity contribution in [2.24, 2.45) is 0 Å². The van der Waals surface area contributed by atoms with E-state index in [9.17, 15) is 24.3 Å². The smallest absolute Gasteiger partial charge is 0.326 e. The van der Waals surface area contributed by atoms with Crippen LogP contribution in [0.5, 0.6) is 0 Å². The number of carbonyl (C=O) groups is 3. The van der Waals surface area contributed by atoms with Gasteiger partial charge in [-0.05, 0) is 30.7 Å². The van der Waals surface area contributed by atoms with Gasteiger partial charge >= 0.3 is 11.9 Å². The lowest BCUT2D eigenvalue weighted by molar-refractivity contribution is -0.140. The Morgan fingerprint density at radius 2 is 1.94 bits per heavy atom. The molecule has 14 heteroatoms. The van der Waals surface area contributed by atoms with E-state index in [0.717, 1.165) is 0 Å². The van der Waals surface area contributed by atoms with Gasteiger partial charge in [0.25, 0.3) is 11.5 Å². The highest BCUT2D eigenvalue weighted by Crippen LogP contribution is 2.20. The average molecular weight is 474 g/mol. The van der Waals surface area contributed by atoms with Crippen LogP contribution in [0.4, 0.5) is 23.1 Å². The number of carbonyl (C=O) groups excluding carboxylic acids is 1. The Hall–Kier alpha value is -4.33.